The predicted molar refractivity (Wildman–Crippen MR) is 185 cm³/mol. The number of fused-ring (bicyclic) bond motifs is 5. The number of aliphatic hydroxyl groups excluding tert-OH is 1. The molecule has 0 radical (unpaired) electrons. The van der Waals surface area contributed by atoms with Gasteiger partial charge in [-0.05, 0) is 151 Å². The van der Waals surface area contributed by atoms with Crippen LogP contribution in [-0.4, -0.2) is 69.5 Å². The maximum atomic E-state index is 9.72. The Morgan fingerprint density at radius 2 is 1.47 bits per heavy atom. The van der Waals surface area contributed by atoms with E-state index in [-0.39, 0.29) is 35.1 Å². The molecule has 0 amide bonds. The lowest BCUT2D eigenvalue weighted by Crippen LogP contribution is -2.67. The van der Waals surface area contributed by atoms with Gasteiger partial charge in [-0.15, -0.1) is 6.58 Å². The number of rotatable bonds is 20. The molecule has 45 heavy (non-hydrogen) atoms. The zero-order valence-corrected chi connectivity index (χ0v) is 29.4. The molecule has 0 aliphatic heterocycles. The molecule has 7 nitrogen and oxygen atoms in total. The van der Waals surface area contributed by atoms with E-state index in [0.29, 0.717) is 42.2 Å². The topological polar surface area (TPSA) is 126 Å². The van der Waals surface area contributed by atoms with Crippen molar-refractivity contribution in [2.45, 2.75) is 135 Å². The van der Waals surface area contributed by atoms with Gasteiger partial charge in [0.25, 0.3) is 0 Å². The Kier molecular flexibility index (Phi) is 14.3. The van der Waals surface area contributed by atoms with Gasteiger partial charge < -0.3 is 36.5 Å². The summed E-state index contributed by atoms with van der Waals surface area (Å²) in [7, 11) is 0. The SMILES string of the molecule is C=C[C@@]12CCC([C@H](C)CCCO)C1(C)[C@@H](OCCCCN)C[C@H]1C2[C@H](OCCCCN)CC2C[C@H](OCCCCN)CCC21C. The molecule has 0 spiro atoms. The molecule has 4 fully saturated rings. The standard InChI is InChI=1S/C38H71N3O4/c1-5-38-17-15-31(28(2)13-12-21-42)37(38,4)34(45-24-11-8-20-41)27-32-35(38)33(44-23-10-7-19-40)26-29-25-30(14-16-36(29,32)3)43-22-9-6-18-39/h5,28-35,42H,1,6-27,39-41H2,2-4H3/t28-,29?,30-,31?,32+,33-,34+,35?,36?,37?,38+/m1/s1. The Bertz CT molecular complexity index is 891. The van der Waals surface area contributed by atoms with Crippen molar-refractivity contribution in [2.24, 2.45) is 63.0 Å². The molecular weight excluding hydrogens is 562 g/mol. The molecular formula is C38H71N3O4. The van der Waals surface area contributed by atoms with Crippen molar-refractivity contribution in [1.82, 2.24) is 0 Å². The number of aliphatic hydroxyl groups is 1. The zero-order valence-electron chi connectivity index (χ0n) is 29.4. The summed E-state index contributed by atoms with van der Waals surface area (Å²) in [5.41, 5.74) is 17.7. The smallest absolute Gasteiger partial charge is 0.0642 e. The lowest BCUT2D eigenvalue weighted by atomic mass is 9.38. The Labute approximate surface area is 276 Å². The summed E-state index contributed by atoms with van der Waals surface area (Å²) in [6.45, 7) is 17.1. The second-order valence-corrected chi connectivity index (χ2v) is 15.8. The summed E-state index contributed by atoms with van der Waals surface area (Å²) < 4.78 is 20.6. The first-order valence-electron chi connectivity index (χ1n) is 19.0. The van der Waals surface area contributed by atoms with Gasteiger partial charge in [0.1, 0.15) is 0 Å². The van der Waals surface area contributed by atoms with Crippen molar-refractivity contribution < 1.29 is 19.3 Å². The number of ether oxygens (including phenoxy) is 3. The molecule has 7 heteroatoms. The number of hydrogen-bond donors (Lipinski definition) is 4. The van der Waals surface area contributed by atoms with Gasteiger partial charge >= 0.3 is 0 Å². The van der Waals surface area contributed by atoms with Crippen LogP contribution in [0.2, 0.25) is 0 Å². The van der Waals surface area contributed by atoms with E-state index in [1.165, 1.54) is 12.8 Å². The summed E-state index contributed by atoms with van der Waals surface area (Å²) in [6, 6.07) is 0. The molecule has 7 N–H and O–H groups in total. The number of hydrogen-bond acceptors (Lipinski definition) is 7. The predicted octanol–water partition coefficient (Wildman–Crippen LogP) is 6.20. The Hall–Kier alpha value is -0.540. The Morgan fingerprint density at radius 1 is 0.822 bits per heavy atom. The quantitative estimate of drug-likeness (QED) is 0.0929. The van der Waals surface area contributed by atoms with E-state index in [2.05, 4.69) is 33.4 Å². The fraction of sp³-hybridized carbons (Fsp3) is 0.947. The maximum Gasteiger partial charge on any atom is 0.0642 e. The first-order chi connectivity index (χ1) is 21.8. The average molecular weight is 634 g/mol. The van der Waals surface area contributed by atoms with Gasteiger partial charge in [0.05, 0.1) is 18.3 Å². The van der Waals surface area contributed by atoms with Crippen LogP contribution in [0, 0.1) is 45.8 Å². The molecule has 0 bridgehead atoms. The molecule has 0 aromatic rings. The van der Waals surface area contributed by atoms with Crippen LogP contribution in [0.1, 0.15) is 117 Å². The van der Waals surface area contributed by atoms with Crippen LogP contribution in [-0.2, 0) is 14.2 Å². The van der Waals surface area contributed by atoms with Gasteiger partial charge in [-0.1, -0.05) is 26.8 Å². The average Bonchev–Trinajstić information content (AvgIpc) is 3.36. The fourth-order valence-electron chi connectivity index (χ4n) is 11.2. The Balaban J connectivity index is 1.70. The second kappa shape index (κ2) is 17.2. The molecule has 4 aliphatic carbocycles. The van der Waals surface area contributed by atoms with Gasteiger partial charge in [-0.25, -0.2) is 0 Å². The molecule has 4 saturated carbocycles. The highest BCUT2D eigenvalue weighted by Crippen LogP contribution is 2.75. The van der Waals surface area contributed by atoms with Crippen LogP contribution in [0.5, 0.6) is 0 Å². The van der Waals surface area contributed by atoms with Crippen LogP contribution in [0.4, 0.5) is 0 Å². The van der Waals surface area contributed by atoms with E-state index in [0.717, 1.165) is 116 Å². The van der Waals surface area contributed by atoms with Crippen molar-refractivity contribution >= 4 is 0 Å². The maximum absolute atomic E-state index is 9.72. The number of allylic oxidation sites excluding steroid dienone is 1. The highest BCUT2D eigenvalue weighted by molar-refractivity contribution is 5.25. The van der Waals surface area contributed by atoms with Gasteiger partial charge in [0, 0.05) is 37.3 Å². The fourth-order valence-corrected chi connectivity index (χ4v) is 11.2. The molecule has 0 aromatic carbocycles. The van der Waals surface area contributed by atoms with E-state index in [4.69, 9.17) is 31.4 Å². The van der Waals surface area contributed by atoms with Crippen LogP contribution >= 0.6 is 0 Å². The summed E-state index contributed by atoms with van der Waals surface area (Å²) >= 11 is 0. The third-order valence-corrected chi connectivity index (χ3v) is 13.7. The minimum atomic E-state index is -0.0469. The summed E-state index contributed by atoms with van der Waals surface area (Å²) in [6.07, 6.45) is 19.2. The molecule has 0 heterocycles. The van der Waals surface area contributed by atoms with Gasteiger partial charge in [0.15, 0.2) is 0 Å². The van der Waals surface area contributed by atoms with Gasteiger partial charge in [-0.3, -0.25) is 0 Å². The van der Waals surface area contributed by atoms with Crippen LogP contribution in [0.25, 0.3) is 0 Å². The van der Waals surface area contributed by atoms with Gasteiger partial charge in [-0.2, -0.15) is 0 Å². The minimum absolute atomic E-state index is 0.0289. The van der Waals surface area contributed by atoms with E-state index < -0.39 is 0 Å². The van der Waals surface area contributed by atoms with E-state index >= 15 is 0 Å². The van der Waals surface area contributed by atoms with Crippen molar-refractivity contribution in [1.29, 1.82) is 0 Å². The van der Waals surface area contributed by atoms with Crippen LogP contribution in [0.15, 0.2) is 12.7 Å². The van der Waals surface area contributed by atoms with E-state index in [1.54, 1.807) is 0 Å². The second-order valence-electron chi connectivity index (χ2n) is 15.8. The van der Waals surface area contributed by atoms with E-state index in [9.17, 15) is 5.11 Å². The Morgan fingerprint density at radius 3 is 2.09 bits per heavy atom. The van der Waals surface area contributed by atoms with Crippen molar-refractivity contribution in [3.63, 3.8) is 0 Å². The monoisotopic (exact) mass is 634 g/mol. The molecule has 4 rings (SSSR count). The summed E-state index contributed by atoms with van der Waals surface area (Å²) in [5, 5.41) is 9.72. The summed E-state index contributed by atoms with van der Waals surface area (Å²) in [4.78, 5) is 0. The van der Waals surface area contributed by atoms with E-state index in [1.807, 2.05) is 0 Å². The lowest BCUT2D eigenvalue weighted by molar-refractivity contribution is -0.249. The molecule has 4 aliphatic rings. The highest BCUT2D eigenvalue weighted by atomic mass is 16.5. The lowest BCUT2D eigenvalue weighted by Gasteiger charge is -2.68. The van der Waals surface area contributed by atoms with Crippen LogP contribution < -0.4 is 17.2 Å². The zero-order chi connectivity index (χ0) is 32.5. The highest BCUT2D eigenvalue weighted by Gasteiger charge is 2.72. The largest absolute Gasteiger partial charge is 0.396 e. The normalized spacial score (nSPS) is 40.0. The first-order valence-corrected chi connectivity index (χ1v) is 19.0. The van der Waals surface area contributed by atoms with Gasteiger partial charge in [0.2, 0.25) is 0 Å². The number of unbranched alkanes of at least 4 members (excludes halogenated alkanes) is 3. The minimum Gasteiger partial charge on any atom is -0.396 e. The van der Waals surface area contributed by atoms with Crippen molar-refractivity contribution in [3.05, 3.63) is 12.7 Å². The summed E-state index contributed by atoms with van der Waals surface area (Å²) in [5.74, 6) is 2.59. The van der Waals surface area contributed by atoms with Crippen molar-refractivity contribution in [3.8, 4) is 0 Å². The first kappa shape index (κ1) is 37.3. The third kappa shape index (κ3) is 7.55. The molecule has 11 atom stereocenters. The van der Waals surface area contributed by atoms with Crippen LogP contribution in [0.3, 0.4) is 0 Å². The van der Waals surface area contributed by atoms with Crippen molar-refractivity contribution in [2.75, 3.05) is 46.1 Å². The molecule has 0 aromatic heterocycles. The molecule has 262 valence electrons. The third-order valence-electron chi connectivity index (χ3n) is 13.7. The molecule has 0 saturated heterocycles. The molecule has 5 unspecified atom stereocenters. The number of nitrogens with two attached hydrogens (primary N) is 3.